The normalized spacial score (nSPS) is 12.0. The van der Waals surface area contributed by atoms with Gasteiger partial charge in [0.1, 0.15) is 0 Å². The molecule has 0 atom stereocenters. The largest absolute Gasteiger partial charge is 0.416 e. The maximum absolute atomic E-state index is 12.6. The van der Waals surface area contributed by atoms with Gasteiger partial charge in [0.25, 0.3) is 0 Å². The molecule has 0 radical (unpaired) electrons. The molecule has 0 saturated carbocycles. The SMILES string of the molecule is CC(=O)NCCC(=O)Nc1cc(C(F)(F)F)cc(C(F)(F)F)c1. The highest BCUT2D eigenvalue weighted by molar-refractivity contribution is 5.91. The van der Waals surface area contributed by atoms with Crippen LogP contribution in [0.25, 0.3) is 0 Å². The topological polar surface area (TPSA) is 58.2 Å². The van der Waals surface area contributed by atoms with Crippen molar-refractivity contribution in [2.75, 3.05) is 11.9 Å². The van der Waals surface area contributed by atoms with E-state index in [9.17, 15) is 35.9 Å². The Labute approximate surface area is 126 Å². The van der Waals surface area contributed by atoms with E-state index in [1.807, 2.05) is 5.32 Å². The molecule has 0 aliphatic carbocycles. The monoisotopic (exact) mass is 342 g/mol. The minimum atomic E-state index is -4.99. The van der Waals surface area contributed by atoms with Crippen LogP contribution in [0.15, 0.2) is 18.2 Å². The van der Waals surface area contributed by atoms with Crippen LogP contribution in [0, 0.1) is 0 Å². The minimum absolute atomic E-state index is 0.0348. The molecule has 128 valence electrons. The lowest BCUT2D eigenvalue weighted by Crippen LogP contribution is -2.25. The Balaban J connectivity index is 2.97. The fourth-order valence-electron chi connectivity index (χ4n) is 1.60. The smallest absolute Gasteiger partial charge is 0.356 e. The summed E-state index contributed by atoms with van der Waals surface area (Å²) in [7, 11) is 0. The summed E-state index contributed by atoms with van der Waals surface area (Å²) >= 11 is 0. The van der Waals surface area contributed by atoms with Gasteiger partial charge in [-0.1, -0.05) is 0 Å². The summed E-state index contributed by atoms with van der Waals surface area (Å²) in [5, 5.41) is 4.22. The second-order valence-electron chi connectivity index (χ2n) is 4.58. The predicted octanol–water partition coefficient (Wildman–Crippen LogP) is 3.19. The van der Waals surface area contributed by atoms with E-state index in [2.05, 4.69) is 5.32 Å². The molecule has 2 N–H and O–H groups in total. The highest BCUT2D eigenvalue weighted by atomic mass is 19.4. The van der Waals surface area contributed by atoms with Crippen LogP contribution in [0.3, 0.4) is 0 Å². The molecular formula is C13H12F6N2O2. The zero-order valence-corrected chi connectivity index (χ0v) is 11.7. The van der Waals surface area contributed by atoms with Crippen molar-refractivity contribution in [3.05, 3.63) is 29.3 Å². The van der Waals surface area contributed by atoms with E-state index in [1.54, 1.807) is 0 Å². The predicted molar refractivity (Wildman–Crippen MR) is 68.4 cm³/mol. The second-order valence-corrected chi connectivity index (χ2v) is 4.58. The van der Waals surface area contributed by atoms with E-state index >= 15 is 0 Å². The molecule has 0 fully saturated rings. The van der Waals surface area contributed by atoms with Gasteiger partial charge in [-0.3, -0.25) is 9.59 Å². The zero-order valence-electron chi connectivity index (χ0n) is 11.7. The van der Waals surface area contributed by atoms with Crippen LogP contribution in [-0.4, -0.2) is 18.4 Å². The molecule has 0 aromatic heterocycles. The number of carbonyl (C=O) groups is 2. The first-order valence-corrected chi connectivity index (χ1v) is 6.23. The van der Waals surface area contributed by atoms with Gasteiger partial charge in [0.2, 0.25) is 11.8 Å². The molecule has 1 aromatic rings. The Morgan fingerprint density at radius 1 is 0.957 bits per heavy atom. The number of anilines is 1. The Morgan fingerprint density at radius 3 is 1.83 bits per heavy atom. The molecule has 10 heteroatoms. The van der Waals surface area contributed by atoms with Crippen LogP contribution in [-0.2, 0) is 21.9 Å². The number of hydrogen-bond donors (Lipinski definition) is 2. The third-order valence-corrected chi connectivity index (χ3v) is 2.60. The van der Waals surface area contributed by atoms with Gasteiger partial charge in [-0.2, -0.15) is 26.3 Å². The molecule has 2 amide bonds. The summed E-state index contributed by atoms with van der Waals surface area (Å²) in [5.74, 6) is -1.25. The maximum atomic E-state index is 12.6. The molecule has 0 aliphatic rings. The van der Waals surface area contributed by atoms with Crippen molar-refractivity contribution in [3.63, 3.8) is 0 Å². The molecule has 0 unspecified atom stereocenters. The summed E-state index contributed by atoms with van der Waals surface area (Å²) in [5.41, 5.74) is -3.67. The van der Waals surface area contributed by atoms with Gasteiger partial charge in [0, 0.05) is 25.6 Å². The fourth-order valence-corrected chi connectivity index (χ4v) is 1.60. The van der Waals surface area contributed by atoms with E-state index in [4.69, 9.17) is 0 Å². The fraction of sp³-hybridized carbons (Fsp3) is 0.385. The van der Waals surface area contributed by atoms with Gasteiger partial charge in [-0.25, -0.2) is 0 Å². The van der Waals surface area contributed by atoms with Gasteiger partial charge in [-0.15, -0.1) is 0 Å². The molecule has 0 heterocycles. The van der Waals surface area contributed by atoms with Crippen molar-refractivity contribution in [2.45, 2.75) is 25.7 Å². The number of carbonyl (C=O) groups excluding carboxylic acids is 2. The van der Waals surface area contributed by atoms with Gasteiger partial charge < -0.3 is 10.6 Å². The first-order chi connectivity index (χ1) is 10.4. The van der Waals surface area contributed by atoms with Crippen LogP contribution in [0.4, 0.5) is 32.0 Å². The second kappa shape index (κ2) is 6.88. The lowest BCUT2D eigenvalue weighted by Gasteiger charge is -2.14. The van der Waals surface area contributed by atoms with Crippen molar-refractivity contribution in [2.24, 2.45) is 0 Å². The maximum Gasteiger partial charge on any atom is 0.416 e. The molecule has 4 nitrogen and oxygen atoms in total. The summed E-state index contributed by atoms with van der Waals surface area (Å²) in [6.07, 6.45) is -10.3. The number of hydrogen-bond acceptors (Lipinski definition) is 2. The molecule has 23 heavy (non-hydrogen) atoms. The van der Waals surface area contributed by atoms with E-state index in [1.165, 1.54) is 6.92 Å². The Morgan fingerprint density at radius 2 is 1.43 bits per heavy atom. The van der Waals surface area contributed by atoms with Crippen LogP contribution in [0.5, 0.6) is 0 Å². The van der Waals surface area contributed by atoms with Gasteiger partial charge in [-0.05, 0) is 18.2 Å². The first-order valence-electron chi connectivity index (χ1n) is 6.23. The van der Waals surface area contributed by atoms with Gasteiger partial charge in [0.05, 0.1) is 11.1 Å². The van der Waals surface area contributed by atoms with E-state index in [0.717, 1.165) is 0 Å². The number of benzene rings is 1. The van der Waals surface area contributed by atoms with Gasteiger partial charge in [0.15, 0.2) is 0 Å². The Kier molecular flexibility index (Phi) is 5.62. The van der Waals surface area contributed by atoms with Crippen LogP contribution in [0.1, 0.15) is 24.5 Å². The lowest BCUT2D eigenvalue weighted by atomic mass is 10.1. The molecule has 0 bridgehead atoms. The van der Waals surface area contributed by atoms with Crippen LogP contribution >= 0.6 is 0 Å². The average molecular weight is 342 g/mol. The van der Waals surface area contributed by atoms with Crippen molar-refractivity contribution in [1.29, 1.82) is 0 Å². The number of amides is 2. The van der Waals surface area contributed by atoms with E-state index in [0.29, 0.717) is 12.1 Å². The molecule has 0 aliphatic heterocycles. The molecule has 0 spiro atoms. The Hall–Kier alpha value is -2.26. The van der Waals surface area contributed by atoms with Crippen molar-refractivity contribution < 1.29 is 35.9 Å². The van der Waals surface area contributed by atoms with Crippen LogP contribution in [0.2, 0.25) is 0 Å². The number of alkyl halides is 6. The third-order valence-electron chi connectivity index (χ3n) is 2.60. The number of halogens is 6. The van der Waals surface area contributed by atoms with E-state index in [-0.39, 0.29) is 19.0 Å². The van der Waals surface area contributed by atoms with Gasteiger partial charge >= 0.3 is 12.4 Å². The first kappa shape index (κ1) is 18.8. The van der Waals surface area contributed by atoms with Crippen molar-refractivity contribution in [1.82, 2.24) is 5.32 Å². The summed E-state index contributed by atoms with van der Waals surface area (Å²) in [6, 6.07) is 0.782. The molecule has 1 aromatic carbocycles. The minimum Gasteiger partial charge on any atom is -0.356 e. The molecular weight excluding hydrogens is 330 g/mol. The number of rotatable bonds is 4. The number of nitrogens with one attached hydrogen (secondary N) is 2. The summed E-state index contributed by atoms with van der Waals surface area (Å²) in [6.45, 7) is 1.10. The van der Waals surface area contributed by atoms with E-state index < -0.39 is 41.0 Å². The van der Waals surface area contributed by atoms with Crippen LogP contribution < -0.4 is 10.6 Å². The summed E-state index contributed by atoms with van der Waals surface area (Å²) in [4.78, 5) is 22.1. The Bertz CT molecular complexity index is 563. The van der Waals surface area contributed by atoms with Crippen molar-refractivity contribution in [3.8, 4) is 0 Å². The van der Waals surface area contributed by atoms with Crippen molar-refractivity contribution >= 4 is 17.5 Å². The molecule has 1 rings (SSSR count). The zero-order chi connectivity index (χ0) is 17.8. The third kappa shape index (κ3) is 6.17. The highest BCUT2D eigenvalue weighted by Crippen LogP contribution is 2.37. The highest BCUT2D eigenvalue weighted by Gasteiger charge is 2.37. The molecule has 0 saturated heterocycles. The average Bonchev–Trinajstić information content (AvgIpc) is 2.35. The summed E-state index contributed by atoms with van der Waals surface area (Å²) < 4.78 is 75.8. The lowest BCUT2D eigenvalue weighted by molar-refractivity contribution is -0.143. The quantitative estimate of drug-likeness (QED) is 0.826. The standard InChI is InChI=1S/C13H12F6N2O2/c1-7(22)20-3-2-11(23)21-10-5-8(12(14,15)16)4-9(6-10)13(17,18)19/h4-6H,2-3H2,1H3,(H,20,22)(H,21,23).